The van der Waals surface area contributed by atoms with Gasteiger partial charge in [0.25, 0.3) is 5.91 Å². The summed E-state index contributed by atoms with van der Waals surface area (Å²) in [5.41, 5.74) is -2.73. The van der Waals surface area contributed by atoms with Crippen LogP contribution in [0.15, 0.2) is 36.5 Å². The van der Waals surface area contributed by atoms with E-state index in [1.807, 2.05) is 13.0 Å². The molecule has 1 aromatic heterocycles. The van der Waals surface area contributed by atoms with Gasteiger partial charge in [-0.1, -0.05) is 6.07 Å². The van der Waals surface area contributed by atoms with Crippen molar-refractivity contribution in [1.29, 1.82) is 0 Å². The Morgan fingerprint density at radius 3 is 2.03 bits per heavy atom. The van der Waals surface area contributed by atoms with E-state index in [-0.39, 0.29) is 18.2 Å². The van der Waals surface area contributed by atoms with Crippen molar-refractivity contribution in [3.05, 3.63) is 58.8 Å². The van der Waals surface area contributed by atoms with Crippen LogP contribution in [0.3, 0.4) is 0 Å². The van der Waals surface area contributed by atoms with Gasteiger partial charge in [0.2, 0.25) is 5.88 Å². The lowest BCUT2D eigenvalue weighted by Crippen LogP contribution is -2.40. The summed E-state index contributed by atoms with van der Waals surface area (Å²) in [5.74, 6) is -0.497. The molecule has 0 aliphatic heterocycles. The minimum Gasteiger partial charge on any atom is -0.474 e. The molecule has 168 valence electrons. The van der Waals surface area contributed by atoms with Crippen molar-refractivity contribution >= 4 is 5.91 Å². The number of aryl methyl sites for hydroxylation is 1. The molecule has 1 aliphatic rings. The number of nitrogens with one attached hydrogen (secondary N) is 1. The first-order chi connectivity index (χ1) is 14.4. The largest absolute Gasteiger partial charge is 0.474 e. The molecule has 3 rings (SSSR count). The van der Waals surface area contributed by atoms with Crippen LogP contribution in [-0.4, -0.2) is 23.0 Å². The van der Waals surface area contributed by atoms with Gasteiger partial charge in [-0.2, -0.15) is 26.3 Å². The third kappa shape index (κ3) is 6.11. The van der Waals surface area contributed by atoms with Gasteiger partial charge in [0, 0.05) is 23.9 Å². The topological polar surface area (TPSA) is 51.2 Å². The fourth-order valence-corrected chi connectivity index (χ4v) is 3.37. The number of carbonyl (C=O) groups is 1. The molecule has 1 N–H and O–H groups in total. The number of nitrogens with zero attached hydrogens (tertiary/aromatic N) is 1. The fraction of sp³-hybridized carbons (Fsp3) is 0.429. The lowest BCUT2D eigenvalue weighted by Gasteiger charge is -2.29. The van der Waals surface area contributed by atoms with Gasteiger partial charge in [-0.3, -0.25) is 4.79 Å². The maximum absolute atomic E-state index is 13.0. The minimum atomic E-state index is -5.00. The van der Waals surface area contributed by atoms with Crippen LogP contribution in [0.5, 0.6) is 5.88 Å². The summed E-state index contributed by atoms with van der Waals surface area (Å²) in [6, 6.07) is 4.10. The van der Waals surface area contributed by atoms with E-state index in [1.165, 1.54) is 0 Å². The standard InChI is InChI=1S/C21H20F6N2O2/c1-12-2-7-18(28-11-12)31-17-5-3-16(4-6-17)29-19(30)13-8-14(20(22,23)24)10-15(9-13)21(25,26)27/h2,7-11,16-17H,3-6H2,1H3,(H,29,30). The smallest absolute Gasteiger partial charge is 0.416 e. The van der Waals surface area contributed by atoms with E-state index in [1.54, 1.807) is 12.3 Å². The Labute approximate surface area is 174 Å². The maximum atomic E-state index is 13.0. The Kier molecular flexibility index (Phi) is 6.47. The number of pyridine rings is 1. The van der Waals surface area contributed by atoms with Gasteiger partial charge in [-0.25, -0.2) is 4.98 Å². The summed E-state index contributed by atoms with van der Waals surface area (Å²) in [5, 5.41) is 2.54. The fourth-order valence-electron chi connectivity index (χ4n) is 3.37. The number of ether oxygens (including phenoxy) is 1. The van der Waals surface area contributed by atoms with E-state index in [0.29, 0.717) is 43.7 Å². The van der Waals surface area contributed by atoms with Crippen molar-refractivity contribution in [2.75, 3.05) is 0 Å². The van der Waals surface area contributed by atoms with Crippen LogP contribution in [0, 0.1) is 6.92 Å². The quantitative estimate of drug-likeness (QED) is 0.627. The first-order valence-electron chi connectivity index (χ1n) is 9.61. The molecule has 1 saturated carbocycles. The molecular weight excluding hydrogens is 426 g/mol. The summed E-state index contributed by atoms with van der Waals surface area (Å²) >= 11 is 0. The van der Waals surface area contributed by atoms with Crippen LogP contribution < -0.4 is 10.1 Å². The lowest BCUT2D eigenvalue weighted by atomic mass is 9.92. The van der Waals surface area contributed by atoms with Crippen LogP contribution in [0.2, 0.25) is 0 Å². The number of hydrogen-bond donors (Lipinski definition) is 1. The van der Waals surface area contributed by atoms with Crippen molar-refractivity contribution in [3.63, 3.8) is 0 Å². The highest BCUT2D eigenvalue weighted by molar-refractivity contribution is 5.94. The van der Waals surface area contributed by atoms with Crippen LogP contribution in [0.25, 0.3) is 0 Å². The zero-order valence-electron chi connectivity index (χ0n) is 16.5. The van der Waals surface area contributed by atoms with E-state index in [4.69, 9.17) is 4.74 Å². The first-order valence-corrected chi connectivity index (χ1v) is 9.61. The average Bonchev–Trinajstić information content (AvgIpc) is 2.69. The second-order valence-corrected chi connectivity index (χ2v) is 7.53. The Balaban J connectivity index is 1.63. The summed E-state index contributed by atoms with van der Waals surface area (Å²) in [6.45, 7) is 1.90. The Morgan fingerprint density at radius 2 is 1.55 bits per heavy atom. The molecule has 1 heterocycles. The average molecular weight is 446 g/mol. The summed E-state index contributed by atoms with van der Waals surface area (Å²) < 4.78 is 83.7. The normalized spacial score (nSPS) is 19.7. The molecule has 0 radical (unpaired) electrons. The first kappa shape index (κ1) is 22.9. The molecule has 1 aliphatic carbocycles. The van der Waals surface area contributed by atoms with Gasteiger partial charge in [0.15, 0.2) is 0 Å². The van der Waals surface area contributed by atoms with Crippen molar-refractivity contribution < 1.29 is 35.9 Å². The second kappa shape index (κ2) is 8.76. The highest BCUT2D eigenvalue weighted by Gasteiger charge is 2.37. The Morgan fingerprint density at radius 1 is 0.968 bits per heavy atom. The summed E-state index contributed by atoms with van der Waals surface area (Å²) in [4.78, 5) is 16.5. The number of hydrogen-bond acceptors (Lipinski definition) is 3. The van der Waals surface area contributed by atoms with Gasteiger partial charge in [-0.05, 0) is 56.4 Å². The molecule has 1 aromatic carbocycles. The number of carbonyl (C=O) groups excluding carboxylic acids is 1. The Hall–Kier alpha value is -2.78. The monoisotopic (exact) mass is 446 g/mol. The highest BCUT2D eigenvalue weighted by Crippen LogP contribution is 2.36. The number of alkyl halides is 6. The maximum Gasteiger partial charge on any atom is 0.416 e. The van der Waals surface area contributed by atoms with Crippen LogP contribution in [0.1, 0.15) is 52.7 Å². The van der Waals surface area contributed by atoms with Gasteiger partial charge >= 0.3 is 12.4 Å². The van der Waals surface area contributed by atoms with Crippen molar-refractivity contribution in [3.8, 4) is 5.88 Å². The second-order valence-electron chi connectivity index (χ2n) is 7.53. The van der Waals surface area contributed by atoms with Gasteiger partial charge in [0.05, 0.1) is 11.1 Å². The van der Waals surface area contributed by atoms with E-state index in [9.17, 15) is 31.1 Å². The molecule has 2 aromatic rings. The Bertz CT molecular complexity index is 885. The van der Waals surface area contributed by atoms with Crippen molar-refractivity contribution in [1.82, 2.24) is 10.3 Å². The van der Waals surface area contributed by atoms with E-state index in [0.717, 1.165) is 5.56 Å². The molecule has 0 bridgehead atoms. The number of rotatable bonds is 4. The lowest BCUT2D eigenvalue weighted by molar-refractivity contribution is -0.143. The molecule has 4 nitrogen and oxygen atoms in total. The van der Waals surface area contributed by atoms with Crippen LogP contribution in [-0.2, 0) is 12.4 Å². The molecule has 0 saturated heterocycles. The predicted octanol–water partition coefficient (Wildman–Crippen LogP) is 5.55. The number of benzene rings is 1. The third-order valence-electron chi connectivity index (χ3n) is 5.03. The van der Waals surface area contributed by atoms with Crippen molar-refractivity contribution in [2.45, 2.75) is 57.1 Å². The van der Waals surface area contributed by atoms with Crippen LogP contribution in [0.4, 0.5) is 26.3 Å². The molecule has 1 fully saturated rings. The highest BCUT2D eigenvalue weighted by atomic mass is 19.4. The molecule has 31 heavy (non-hydrogen) atoms. The van der Waals surface area contributed by atoms with Gasteiger partial charge in [-0.15, -0.1) is 0 Å². The number of aromatic nitrogens is 1. The van der Waals surface area contributed by atoms with E-state index in [2.05, 4.69) is 10.3 Å². The molecule has 0 atom stereocenters. The summed E-state index contributed by atoms with van der Waals surface area (Å²) in [6.07, 6.45) is -6.38. The number of amides is 1. The van der Waals surface area contributed by atoms with E-state index < -0.39 is 35.0 Å². The molecule has 0 unspecified atom stereocenters. The van der Waals surface area contributed by atoms with Crippen LogP contribution >= 0.6 is 0 Å². The summed E-state index contributed by atoms with van der Waals surface area (Å²) in [7, 11) is 0. The van der Waals surface area contributed by atoms with Gasteiger partial charge < -0.3 is 10.1 Å². The zero-order chi connectivity index (χ0) is 22.8. The molecule has 1 amide bonds. The predicted molar refractivity (Wildman–Crippen MR) is 99.6 cm³/mol. The molecular formula is C21H20F6N2O2. The zero-order valence-corrected chi connectivity index (χ0v) is 16.5. The molecule has 0 spiro atoms. The number of halogens is 6. The van der Waals surface area contributed by atoms with Gasteiger partial charge in [0.1, 0.15) is 6.10 Å². The molecule has 10 heteroatoms. The SMILES string of the molecule is Cc1ccc(OC2CCC(NC(=O)c3cc(C(F)(F)F)cc(C(F)(F)F)c3)CC2)nc1. The minimum absolute atomic E-state index is 0.00155. The van der Waals surface area contributed by atoms with Crippen molar-refractivity contribution in [2.24, 2.45) is 0 Å². The third-order valence-corrected chi connectivity index (χ3v) is 5.03. The van der Waals surface area contributed by atoms with E-state index >= 15 is 0 Å².